The van der Waals surface area contributed by atoms with Crippen LogP contribution in [0.15, 0.2) is 47.9 Å². The predicted octanol–water partition coefficient (Wildman–Crippen LogP) is 1.67. The first-order valence-electron chi connectivity index (χ1n) is 9.26. The molecule has 27 heavy (non-hydrogen) atoms. The third-order valence-corrected chi connectivity index (χ3v) is 6.58. The number of rotatable bonds is 6. The highest BCUT2D eigenvalue weighted by Gasteiger charge is 2.29. The molecular formula is C19H26N4O3S. The topological polar surface area (TPSA) is 75.5 Å². The zero-order chi connectivity index (χ0) is 19.3. The van der Waals surface area contributed by atoms with Gasteiger partial charge >= 0.3 is 0 Å². The molecular weight excluding hydrogens is 364 g/mol. The Kier molecular flexibility index (Phi) is 6.28. The molecule has 1 saturated heterocycles. The SMILES string of the molecule is Cn1cnc(S(=O)(=O)N2CCCN(C(=O)CCCc3ccccc3)CC2)c1. The van der Waals surface area contributed by atoms with Gasteiger partial charge in [0.25, 0.3) is 10.0 Å². The standard InChI is InChI=1S/C19H26N4O3S/c1-21-15-18(20-16-21)27(25,26)23-12-6-11-22(13-14-23)19(24)10-5-9-17-7-3-2-4-8-17/h2-4,7-8,15-16H,5-6,9-14H2,1H3. The lowest BCUT2D eigenvalue weighted by molar-refractivity contribution is -0.131. The van der Waals surface area contributed by atoms with Crippen LogP contribution in [0, 0.1) is 0 Å². The van der Waals surface area contributed by atoms with E-state index in [0.29, 0.717) is 39.0 Å². The normalized spacial score (nSPS) is 16.3. The quantitative estimate of drug-likeness (QED) is 0.752. The minimum absolute atomic E-state index is 0.0626. The molecule has 1 aliphatic rings. The van der Waals surface area contributed by atoms with Gasteiger partial charge in [0, 0.05) is 45.8 Å². The zero-order valence-corrected chi connectivity index (χ0v) is 16.4. The van der Waals surface area contributed by atoms with Gasteiger partial charge in [0.2, 0.25) is 5.91 Å². The highest BCUT2D eigenvalue weighted by atomic mass is 32.2. The molecule has 7 nitrogen and oxygen atoms in total. The van der Waals surface area contributed by atoms with Gasteiger partial charge < -0.3 is 9.47 Å². The second-order valence-electron chi connectivity index (χ2n) is 6.85. The monoisotopic (exact) mass is 390 g/mol. The van der Waals surface area contributed by atoms with Gasteiger partial charge in [-0.3, -0.25) is 4.79 Å². The molecule has 0 N–H and O–H groups in total. The average molecular weight is 391 g/mol. The van der Waals surface area contributed by atoms with Gasteiger partial charge in [0.05, 0.1) is 6.33 Å². The molecule has 0 unspecified atom stereocenters. The van der Waals surface area contributed by atoms with Crippen LogP contribution in [0.4, 0.5) is 0 Å². The molecule has 0 aliphatic carbocycles. The second-order valence-corrected chi connectivity index (χ2v) is 8.74. The van der Waals surface area contributed by atoms with Crippen molar-refractivity contribution < 1.29 is 13.2 Å². The van der Waals surface area contributed by atoms with Crippen LogP contribution in [0.25, 0.3) is 0 Å². The van der Waals surface area contributed by atoms with Gasteiger partial charge in [-0.2, -0.15) is 4.31 Å². The first-order chi connectivity index (χ1) is 13.0. The lowest BCUT2D eigenvalue weighted by Gasteiger charge is -2.21. The van der Waals surface area contributed by atoms with E-state index in [0.717, 1.165) is 12.8 Å². The lowest BCUT2D eigenvalue weighted by Crippen LogP contribution is -2.37. The summed E-state index contributed by atoms with van der Waals surface area (Å²) >= 11 is 0. The van der Waals surface area contributed by atoms with Gasteiger partial charge in [-0.05, 0) is 24.8 Å². The summed E-state index contributed by atoms with van der Waals surface area (Å²) in [4.78, 5) is 18.3. The summed E-state index contributed by atoms with van der Waals surface area (Å²) in [7, 11) is -1.86. The van der Waals surface area contributed by atoms with Gasteiger partial charge in [-0.15, -0.1) is 0 Å². The lowest BCUT2D eigenvalue weighted by atomic mass is 10.1. The molecule has 0 atom stereocenters. The second kappa shape index (κ2) is 8.67. The average Bonchev–Trinajstić information content (AvgIpc) is 2.95. The summed E-state index contributed by atoms with van der Waals surface area (Å²) in [6.07, 6.45) is 5.79. The molecule has 2 aromatic rings. The minimum Gasteiger partial charge on any atom is -0.341 e. The van der Waals surface area contributed by atoms with E-state index in [2.05, 4.69) is 17.1 Å². The van der Waals surface area contributed by atoms with Crippen molar-refractivity contribution in [2.75, 3.05) is 26.2 Å². The number of sulfonamides is 1. The number of hydrogen-bond acceptors (Lipinski definition) is 4. The van der Waals surface area contributed by atoms with E-state index in [1.54, 1.807) is 16.5 Å². The van der Waals surface area contributed by atoms with Crippen LogP contribution in [0.3, 0.4) is 0 Å². The van der Waals surface area contributed by atoms with Gasteiger partial charge in [-0.25, -0.2) is 13.4 Å². The highest BCUT2D eigenvalue weighted by molar-refractivity contribution is 7.89. The largest absolute Gasteiger partial charge is 0.341 e. The summed E-state index contributed by atoms with van der Waals surface area (Å²) < 4.78 is 28.5. The number of imidazole rings is 1. The summed E-state index contributed by atoms with van der Waals surface area (Å²) in [6.45, 7) is 1.74. The number of aromatic nitrogens is 2. The number of aryl methyl sites for hydroxylation is 2. The molecule has 1 amide bonds. The number of hydrogen-bond donors (Lipinski definition) is 0. The molecule has 2 heterocycles. The molecule has 8 heteroatoms. The maximum Gasteiger partial charge on any atom is 0.262 e. The molecule has 1 aliphatic heterocycles. The van der Waals surface area contributed by atoms with Gasteiger partial charge in [0.1, 0.15) is 0 Å². The fourth-order valence-corrected chi connectivity index (χ4v) is 4.72. The Morgan fingerprint density at radius 1 is 1.11 bits per heavy atom. The van der Waals surface area contributed by atoms with E-state index in [9.17, 15) is 13.2 Å². The molecule has 0 bridgehead atoms. The fourth-order valence-electron chi connectivity index (χ4n) is 3.28. The number of carbonyl (C=O) groups is 1. The van der Waals surface area contributed by atoms with Crippen LogP contribution in [-0.4, -0.2) is 59.3 Å². The summed E-state index contributed by atoms with van der Waals surface area (Å²) in [6, 6.07) is 10.1. The maximum atomic E-state index is 12.7. The van der Waals surface area contributed by atoms with E-state index in [1.165, 1.54) is 22.4 Å². The molecule has 146 valence electrons. The van der Waals surface area contributed by atoms with Crippen molar-refractivity contribution in [3.63, 3.8) is 0 Å². The number of nitrogens with zero attached hydrogens (tertiary/aromatic N) is 4. The molecule has 3 rings (SSSR count). The van der Waals surface area contributed by atoms with Crippen molar-refractivity contribution in [2.24, 2.45) is 7.05 Å². The van der Waals surface area contributed by atoms with Crippen LogP contribution in [0.1, 0.15) is 24.8 Å². The molecule has 1 aromatic carbocycles. The molecule has 1 aromatic heterocycles. The molecule has 0 radical (unpaired) electrons. The molecule has 0 spiro atoms. The minimum atomic E-state index is -3.60. The van der Waals surface area contributed by atoms with Crippen molar-refractivity contribution in [3.05, 3.63) is 48.4 Å². The number of benzene rings is 1. The third kappa shape index (κ3) is 4.95. The first kappa shape index (κ1) is 19.6. The van der Waals surface area contributed by atoms with E-state index < -0.39 is 10.0 Å². The Morgan fingerprint density at radius 3 is 2.59 bits per heavy atom. The Hall–Kier alpha value is -2.19. The summed E-state index contributed by atoms with van der Waals surface area (Å²) in [5.74, 6) is 0.100. The predicted molar refractivity (Wildman–Crippen MR) is 103 cm³/mol. The van der Waals surface area contributed by atoms with Crippen LogP contribution < -0.4 is 0 Å². The Bertz CT molecular complexity index is 864. The van der Waals surface area contributed by atoms with Crippen LogP contribution in [0.2, 0.25) is 0 Å². The van der Waals surface area contributed by atoms with Crippen molar-refractivity contribution in [3.8, 4) is 0 Å². The van der Waals surface area contributed by atoms with Crippen molar-refractivity contribution in [1.82, 2.24) is 18.8 Å². The summed E-state index contributed by atoms with van der Waals surface area (Å²) in [5, 5.41) is 0.0626. The maximum absolute atomic E-state index is 12.7. The van der Waals surface area contributed by atoms with Gasteiger partial charge in [-0.1, -0.05) is 30.3 Å². The van der Waals surface area contributed by atoms with E-state index in [-0.39, 0.29) is 10.9 Å². The number of amides is 1. The van der Waals surface area contributed by atoms with Crippen LogP contribution >= 0.6 is 0 Å². The van der Waals surface area contributed by atoms with E-state index in [1.807, 2.05) is 18.2 Å². The van der Waals surface area contributed by atoms with E-state index >= 15 is 0 Å². The molecule has 1 fully saturated rings. The van der Waals surface area contributed by atoms with E-state index in [4.69, 9.17) is 0 Å². The number of carbonyl (C=O) groups excluding carboxylic acids is 1. The van der Waals surface area contributed by atoms with Crippen LogP contribution in [-0.2, 0) is 28.3 Å². The Labute approximate surface area is 160 Å². The van der Waals surface area contributed by atoms with Crippen LogP contribution in [0.5, 0.6) is 0 Å². The van der Waals surface area contributed by atoms with Crippen molar-refractivity contribution in [2.45, 2.75) is 30.7 Å². The first-order valence-corrected chi connectivity index (χ1v) is 10.7. The third-order valence-electron chi connectivity index (χ3n) is 4.79. The summed E-state index contributed by atoms with van der Waals surface area (Å²) in [5.41, 5.74) is 1.23. The zero-order valence-electron chi connectivity index (χ0n) is 15.6. The fraction of sp³-hybridized carbons (Fsp3) is 0.474. The Morgan fingerprint density at radius 2 is 1.89 bits per heavy atom. The Balaban J connectivity index is 1.52. The van der Waals surface area contributed by atoms with Crippen molar-refractivity contribution in [1.29, 1.82) is 0 Å². The molecule has 0 saturated carbocycles. The highest BCUT2D eigenvalue weighted by Crippen LogP contribution is 2.16. The van der Waals surface area contributed by atoms with Crippen molar-refractivity contribution >= 4 is 15.9 Å². The smallest absolute Gasteiger partial charge is 0.262 e. The van der Waals surface area contributed by atoms with Gasteiger partial charge in [0.15, 0.2) is 5.03 Å².